The maximum absolute atomic E-state index is 11.7. The van der Waals surface area contributed by atoms with Crippen molar-refractivity contribution in [3.8, 4) is 11.4 Å². The fraction of sp³-hybridized carbons (Fsp3) is 0.400. The van der Waals surface area contributed by atoms with Gasteiger partial charge in [0.15, 0.2) is 11.9 Å². The number of anilines is 1. The maximum Gasteiger partial charge on any atom is 0.336 e. The summed E-state index contributed by atoms with van der Waals surface area (Å²) in [5, 5.41) is 0.794. The van der Waals surface area contributed by atoms with Gasteiger partial charge in [-0.3, -0.25) is 0 Å². The monoisotopic (exact) mass is 319 g/mol. The predicted molar refractivity (Wildman–Crippen MR) is 83.9 cm³/mol. The summed E-state index contributed by atoms with van der Waals surface area (Å²) in [6.45, 7) is 3.04. The molecule has 0 saturated carbocycles. The minimum absolute atomic E-state index is 0.0677. The van der Waals surface area contributed by atoms with Crippen molar-refractivity contribution in [2.24, 2.45) is 0 Å². The van der Waals surface area contributed by atoms with Gasteiger partial charge in [-0.1, -0.05) is 30.3 Å². The van der Waals surface area contributed by atoms with E-state index in [1.54, 1.807) is 0 Å². The SMILES string of the molecule is COC(=O)C1CN(c2nc(-c3ccccc3)ns2)C[C@@H](C)O1. The third-order valence-electron chi connectivity index (χ3n) is 3.44. The van der Waals surface area contributed by atoms with Crippen molar-refractivity contribution in [1.29, 1.82) is 0 Å². The number of ether oxygens (including phenoxy) is 2. The van der Waals surface area contributed by atoms with Crippen molar-refractivity contribution in [3.63, 3.8) is 0 Å². The fourth-order valence-corrected chi connectivity index (χ4v) is 3.12. The van der Waals surface area contributed by atoms with Crippen molar-refractivity contribution in [2.75, 3.05) is 25.1 Å². The van der Waals surface area contributed by atoms with Gasteiger partial charge < -0.3 is 14.4 Å². The number of esters is 1. The van der Waals surface area contributed by atoms with Crippen LogP contribution >= 0.6 is 11.5 Å². The van der Waals surface area contributed by atoms with Crippen LogP contribution in [0.25, 0.3) is 11.4 Å². The van der Waals surface area contributed by atoms with Gasteiger partial charge in [-0.2, -0.15) is 9.36 Å². The number of hydrogen-bond acceptors (Lipinski definition) is 7. The van der Waals surface area contributed by atoms with Crippen molar-refractivity contribution >= 4 is 22.6 Å². The Hall–Kier alpha value is -1.99. The molecule has 2 heterocycles. The van der Waals surface area contributed by atoms with Crippen LogP contribution in [0.15, 0.2) is 30.3 Å². The van der Waals surface area contributed by atoms with Gasteiger partial charge in [-0.25, -0.2) is 4.79 Å². The average Bonchev–Trinajstić information content (AvgIpc) is 3.04. The van der Waals surface area contributed by atoms with E-state index in [9.17, 15) is 4.79 Å². The van der Waals surface area contributed by atoms with E-state index in [-0.39, 0.29) is 12.1 Å². The normalized spacial score (nSPS) is 21.6. The fourth-order valence-electron chi connectivity index (χ4n) is 2.42. The van der Waals surface area contributed by atoms with Crippen LogP contribution in [-0.2, 0) is 14.3 Å². The summed E-state index contributed by atoms with van der Waals surface area (Å²) in [6, 6.07) is 9.83. The second-order valence-corrected chi connectivity index (χ2v) is 5.86. The molecule has 116 valence electrons. The van der Waals surface area contributed by atoms with E-state index in [4.69, 9.17) is 9.47 Å². The Bertz CT molecular complexity index is 646. The van der Waals surface area contributed by atoms with Crippen LogP contribution < -0.4 is 4.90 Å². The smallest absolute Gasteiger partial charge is 0.336 e. The molecule has 1 aromatic carbocycles. The maximum atomic E-state index is 11.7. The first kappa shape index (κ1) is 14.9. The molecule has 0 N–H and O–H groups in total. The molecule has 22 heavy (non-hydrogen) atoms. The Labute approximate surface area is 132 Å². The molecule has 2 aromatic rings. The van der Waals surface area contributed by atoms with Gasteiger partial charge >= 0.3 is 5.97 Å². The summed E-state index contributed by atoms with van der Waals surface area (Å²) < 4.78 is 14.8. The molecular formula is C15H17N3O3S. The highest BCUT2D eigenvalue weighted by Gasteiger charge is 2.32. The number of morpholine rings is 1. The molecule has 1 unspecified atom stereocenters. The molecule has 1 fully saturated rings. The molecule has 1 aliphatic heterocycles. The lowest BCUT2D eigenvalue weighted by atomic mass is 10.2. The van der Waals surface area contributed by atoms with E-state index >= 15 is 0 Å². The predicted octanol–water partition coefficient (Wildman–Crippen LogP) is 1.97. The quantitative estimate of drug-likeness (QED) is 0.806. The minimum Gasteiger partial charge on any atom is -0.467 e. The van der Waals surface area contributed by atoms with Gasteiger partial charge in [0, 0.05) is 23.6 Å². The van der Waals surface area contributed by atoms with Crippen LogP contribution in [0.2, 0.25) is 0 Å². The van der Waals surface area contributed by atoms with Crippen LogP contribution in [0.5, 0.6) is 0 Å². The van der Waals surface area contributed by atoms with E-state index in [1.807, 2.05) is 42.2 Å². The molecule has 0 radical (unpaired) electrons. The standard InChI is InChI=1S/C15H17N3O3S/c1-10-8-18(9-12(21-10)14(19)20-2)15-16-13(17-22-15)11-6-4-3-5-7-11/h3-7,10,12H,8-9H2,1-2H3/t10-,12?/m1/s1. The molecule has 1 saturated heterocycles. The summed E-state index contributed by atoms with van der Waals surface area (Å²) in [7, 11) is 1.37. The Morgan fingerprint density at radius 3 is 2.86 bits per heavy atom. The largest absolute Gasteiger partial charge is 0.467 e. The van der Waals surface area contributed by atoms with Crippen molar-refractivity contribution in [3.05, 3.63) is 30.3 Å². The third kappa shape index (κ3) is 3.10. The second-order valence-electron chi connectivity index (χ2n) is 5.13. The molecule has 0 amide bonds. The summed E-state index contributed by atoms with van der Waals surface area (Å²) in [5.41, 5.74) is 0.982. The number of rotatable bonds is 3. The van der Waals surface area contributed by atoms with Crippen LogP contribution in [0.1, 0.15) is 6.92 Å². The highest BCUT2D eigenvalue weighted by molar-refractivity contribution is 7.09. The van der Waals surface area contributed by atoms with Gasteiger partial charge in [-0.15, -0.1) is 0 Å². The van der Waals surface area contributed by atoms with Crippen molar-refractivity contribution in [2.45, 2.75) is 19.1 Å². The summed E-state index contributed by atoms with van der Waals surface area (Å²) in [4.78, 5) is 18.3. The van der Waals surface area contributed by atoms with E-state index in [0.29, 0.717) is 18.9 Å². The molecular weight excluding hydrogens is 302 g/mol. The average molecular weight is 319 g/mol. The first-order valence-corrected chi connectivity index (χ1v) is 7.82. The summed E-state index contributed by atoms with van der Waals surface area (Å²) in [5.74, 6) is 0.346. The summed E-state index contributed by atoms with van der Waals surface area (Å²) in [6.07, 6.45) is -0.653. The lowest BCUT2D eigenvalue weighted by molar-refractivity contribution is -0.158. The molecule has 7 heteroatoms. The van der Waals surface area contributed by atoms with E-state index < -0.39 is 6.10 Å². The number of methoxy groups -OCH3 is 1. The number of carbonyl (C=O) groups excluding carboxylic acids is 1. The van der Waals surface area contributed by atoms with Gasteiger partial charge in [0.05, 0.1) is 19.8 Å². The molecule has 6 nitrogen and oxygen atoms in total. The Balaban J connectivity index is 1.79. The van der Waals surface area contributed by atoms with Crippen LogP contribution in [0, 0.1) is 0 Å². The molecule has 0 bridgehead atoms. The topological polar surface area (TPSA) is 64.5 Å². The highest BCUT2D eigenvalue weighted by atomic mass is 32.1. The number of benzene rings is 1. The van der Waals surface area contributed by atoms with E-state index in [2.05, 4.69) is 9.36 Å². The van der Waals surface area contributed by atoms with Gasteiger partial charge in [0.2, 0.25) is 5.13 Å². The molecule has 2 atom stereocenters. The first-order valence-electron chi connectivity index (χ1n) is 7.04. The summed E-state index contributed by atoms with van der Waals surface area (Å²) >= 11 is 1.33. The van der Waals surface area contributed by atoms with Crippen LogP contribution in [0.4, 0.5) is 5.13 Å². The van der Waals surface area contributed by atoms with Gasteiger partial charge in [-0.05, 0) is 6.92 Å². The molecule has 3 rings (SSSR count). The number of carbonyl (C=O) groups is 1. The van der Waals surface area contributed by atoms with Crippen LogP contribution in [0.3, 0.4) is 0 Å². The minimum atomic E-state index is -0.585. The highest BCUT2D eigenvalue weighted by Crippen LogP contribution is 2.26. The zero-order chi connectivity index (χ0) is 15.5. The van der Waals surface area contributed by atoms with Gasteiger partial charge in [0.25, 0.3) is 0 Å². The van der Waals surface area contributed by atoms with Crippen molar-refractivity contribution in [1.82, 2.24) is 9.36 Å². The van der Waals surface area contributed by atoms with Crippen LogP contribution in [-0.4, -0.2) is 47.7 Å². The Kier molecular flexibility index (Phi) is 4.35. The van der Waals surface area contributed by atoms with E-state index in [1.165, 1.54) is 18.6 Å². The number of nitrogens with zero attached hydrogens (tertiary/aromatic N) is 3. The molecule has 0 aliphatic carbocycles. The zero-order valence-electron chi connectivity index (χ0n) is 12.4. The lowest BCUT2D eigenvalue weighted by Crippen LogP contribution is -2.50. The van der Waals surface area contributed by atoms with E-state index in [0.717, 1.165) is 10.7 Å². The molecule has 1 aromatic heterocycles. The molecule has 0 spiro atoms. The third-order valence-corrected chi connectivity index (χ3v) is 4.22. The zero-order valence-corrected chi connectivity index (χ0v) is 13.2. The molecule has 1 aliphatic rings. The Morgan fingerprint density at radius 1 is 1.36 bits per heavy atom. The first-order chi connectivity index (χ1) is 10.7. The second kappa shape index (κ2) is 6.41. The number of aromatic nitrogens is 2. The number of hydrogen-bond donors (Lipinski definition) is 0. The van der Waals surface area contributed by atoms with Crippen molar-refractivity contribution < 1.29 is 14.3 Å². The van der Waals surface area contributed by atoms with Gasteiger partial charge in [0.1, 0.15) is 0 Å². The Morgan fingerprint density at radius 2 is 2.14 bits per heavy atom. The lowest BCUT2D eigenvalue weighted by Gasteiger charge is -2.34.